The molecule has 2 aromatic carbocycles. The first-order chi connectivity index (χ1) is 10.6. The van der Waals surface area contributed by atoms with E-state index in [1.165, 1.54) is 0 Å². The number of fused-ring (bicyclic) bond motifs is 1. The van der Waals surface area contributed by atoms with Crippen LogP contribution in [0.1, 0.15) is 19.4 Å². The SMILES string of the molecule is COc1ccc(-c2ccc3c(c2)CC(C(C)C)C(=O)O3)cc1. The second-order valence-corrected chi connectivity index (χ2v) is 6.03. The Morgan fingerprint density at radius 2 is 1.77 bits per heavy atom. The number of hydrogen-bond acceptors (Lipinski definition) is 3. The van der Waals surface area contributed by atoms with E-state index in [-0.39, 0.29) is 17.8 Å². The Hall–Kier alpha value is -2.29. The molecule has 3 heteroatoms. The van der Waals surface area contributed by atoms with Gasteiger partial charge >= 0.3 is 5.97 Å². The third-order valence-corrected chi connectivity index (χ3v) is 4.24. The molecule has 0 spiro atoms. The maximum atomic E-state index is 12.0. The van der Waals surface area contributed by atoms with Crippen molar-refractivity contribution in [2.24, 2.45) is 11.8 Å². The van der Waals surface area contributed by atoms with Crippen molar-refractivity contribution >= 4 is 5.97 Å². The third kappa shape index (κ3) is 2.71. The van der Waals surface area contributed by atoms with E-state index in [0.717, 1.165) is 28.9 Å². The maximum absolute atomic E-state index is 12.0. The van der Waals surface area contributed by atoms with Gasteiger partial charge in [0.2, 0.25) is 0 Å². The summed E-state index contributed by atoms with van der Waals surface area (Å²) in [5.74, 6) is 1.65. The number of carbonyl (C=O) groups is 1. The minimum Gasteiger partial charge on any atom is -0.497 e. The van der Waals surface area contributed by atoms with E-state index in [2.05, 4.69) is 19.9 Å². The summed E-state index contributed by atoms with van der Waals surface area (Å²) in [4.78, 5) is 12.0. The lowest BCUT2D eigenvalue weighted by atomic mass is 9.86. The Kier molecular flexibility index (Phi) is 3.88. The van der Waals surface area contributed by atoms with Crippen molar-refractivity contribution in [3.8, 4) is 22.6 Å². The van der Waals surface area contributed by atoms with E-state index in [4.69, 9.17) is 9.47 Å². The molecule has 1 aliphatic rings. The van der Waals surface area contributed by atoms with E-state index in [1.807, 2.05) is 36.4 Å². The lowest BCUT2D eigenvalue weighted by molar-refractivity contribution is -0.141. The zero-order valence-electron chi connectivity index (χ0n) is 13.1. The van der Waals surface area contributed by atoms with Gasteiger partial charge in [0.15, 0.2) is 0 Å². The van der Waals surface area contributed by atoms with Crippen molar-refractivity contribution in [2.75, 3.05) is 7.11 Å². The lowest BCUT2D eigenvalue weighted by Gasteiger charge is -2.26. The van der Waals surface area contributed by atoms with Gasteiger partial charge in [-0.3, -0.25) is 4.79 Å². The molecule has 0 bridgehead atoms. The van der Waals surface area contributed by atoms with Crippen LogP contribution in [0, 0.1) is 11.8 Å². The largest absolute Gasteiger partial charge is 0.497 e. The zero-order chi connectivity index (χ0) is 15.7. The van der Waals surface area contributed by atoms with Crippen LogP contribution in [0.3, 0.4) is 0 Å². The number of rotatable bonds is 3. The van der Waals surface area contributed by atoms with Crippen molar-refractivity contribution in [2.45, 2.75) is 20.3 Å². The molecule has 0 saturated heterocycles. The van der Waals surface area contributed by atoms with Crippen LogP contribution in [0.15, 0.2) is 42.5 Å². The van der Waals surface area contributed by atoms with Crippen LogP contribution in [-0.2, 0) is 11.2 Å². The molecule has 0 aromatic heterocycles. The molecule has 1 aliphatic heterocycles. The van der Waals surface area contributed by atoms with Gasteiger partial charge in [-0.05, 0) is 53.3 Å². The maximum Gasteiger partial charge on any atom is 0.314 e. The van der Waals surface area contributed by atoms with Gasteiger partial charge < -0.3 is 9.47 Å². The van der Waals surface area contributed by atoms with E-state index in [1.54, 1.807) is 7.11 Å². The molecular weight excluding hydrogens is 276 g/mol. The molecule has 0 radical (unpaired) electrons. The van der Waals surface area contributed by atoms with Gasteiger partial charge in [-0.1, -0.05) is 32.0 Å². The molecular formula is C19H20O3. The summed E-state index contributed by atoms with van der Waals surface area (Å²) in [7, 11) is 1.66. The van der Waals surface area contributed by atoms with Crippen LogP contribution in [0.25, 0.3) is 11.1 Å². The number of hydrogen-bond donors (Lipinski definition) is 0. The highest BCUT2D eigenvalue weighted by Crippen LogP contribution is 2.34. The van der Waals surface area contributed by atoms with E-state index in [0.29, 0.717) is 5.75 Å². The van der Waals surface area contributed by atoms with Crippen LogP contribution in [0.5, 0.6) is 11.5 Å². The highest BCUT2D eigenvalue weighted by atomic mass is 16.5. The van der Waals surface area contributed by atoms with Gasteiger partial charge in [-0.2, -0.15) is 0 Å². The van der Waals surface area contributed by atoms with Crippen LogP contribution in [-0.4, -0.2) is 13.1 Å². The molecule has 3 rings (SSSR count). The molecule has 0 amide bonds. The molecule has 3 nitrogen and oxygen atoms in total. The summed E-state index contributed by atoms with van der Waals surface area (Å²) < 4.78 is 10.7. The van der Waals surface area contributed by atoms with Gasteiger partial charge in [0.05, 0.1) is 13.0 Å². The Labute approximate surface area is 130 Å². The monoisotopic (exact) mass is 296 g/mol. The highest BCUT2D eigenvalue weighted by Gasteiger charge is 2.30. The summed E-state index contributed by atoms with van der Waals surface area (Å²) in [6.07, 6.45) is 0.746. The number of esters is 1. The second-order valence-electron chi connectivity index (χ2n) is 6.03. The lowest BCUT2D eigenvalue weighted by Crippen LogP contribution is -2.31. The van der Waals surface area contributed by atoms with Gasteiger partial charge in [-0.25, -0.2) is 0 Å². The average Bonchev–Trinajstić information content (AvgIpc) is 2.53. The van der Waals surface area contributed by atoms with Crippen molar-refractivity contribution in [3.63, 3.8) is 0 Å². The summed E-state index contributed by atoms with van der Waals surface area (Å²) in [6.45, 7) is 4.12. The summed E-state index contributed by atoms with van der Waals surface area (Å²) in [6, 6.07) is 14.0. The molecule has 114 valence electrons. The van der Waals surface area contributed by atoms with Crippen molar-refractivity contribution in [1.29, 1.82) is 0 Å². The fourth-order valence-electron chi connectivity index (χ4n) is 2.81. The smallest absolute Gasteiger partial charge is 0.314 e. The average molecular weight is 296 g/mol. The first-order valence-electron chi connectivity index (χ1n) is 7.57. The van der Waals surface area contributed by atoms with E-state index >= 15 is 0 Å². The molecule has 2 aromatic rings. The molecule has 1 heterocycles. The molecule has 1 atom stereocenters. The summed E-state index contributed by atoms with van der Waals surface area (Å²) in [5, 5.41) is 0. The Balaban J connectivity index is 1.93. The van der Waals surface area contributed by atoms with E-state index < -0.39 is 0 Å². The van der Waals surface area contributed by atoms with Crippen LogP contribution in [0.2, 0.25) is 0 Å². The predicted octanol–water partition coefficient (Wildman–Crippen LogP) is 4.10. The van der Waals surface area contributed by atoms with Gasteiger partial charge in [0.1, 0.15) is 11.5 Å². The Morgan fingerprint density at radius 3 is 2.41 bits per heavy atom. The molecule has 0 fully saturated rings. The number of methoxy groups -OCH3 is 1. The number of benzene rings is 2. The van der Waals surface area contributed by atoms with Crippen molar-refractivity contribution < 1.29 is 14.3 Å². The minimum atomic E-state index is -0.111. The van der Waals surface area contributed by atoms with Crippen LogP contribution >= 0.6 is 0 Å². The first-order valence-corrected chi connectivity index (χ1v) is 7.57. The van der Waals surface area contributed by atoms with Crippen molar-refractivity contribution in [1.82, 2.24) is 0 Å². The van der Waals surface area contributed by atoms with Crippen LogP contribution in [0.4, 0.5) is 0 Å². The quantitative estimate of drug-likeness (QED) is 0.632. The Bertz CT molecular complexity index is 686. The Morgan fingerprint density at radius 1 is 1.09 bits per heavy atom. The fraction of sp³-hybridized carbons (Fsp3) is 0.316. The van der Waals surface area contributed by atoms with E-state index in [9.17, 15) is 4.79 Å². The predicted molar refractivity (Wildman–Crippen MR) is 86.1 cm³/mol. The van der Waals surface area contributed by atoms with Gasteiger partial charge in [-0.15, -0.1) is 0 Å². The van der Waals surface area contributed by atoms with Gasteiger partial charge in [0.25, 0.3) is 0 Å². The normalized spacial score (nSPS) is 17.1. The molecule has 1 unspecified atom stereocenters. The second kappa shape index (κ2) is 5.84. The minimum absolute atomic E-state index is 0.0568. The van der Waals surface area contributed by atoms with Crippen molar-refractivity contribution in [3.05, 3.63) is 48.0 Å². The highest BCUT2D eigenvalue weighted by molar-refractivity contribution is 5.79. The summed E-state index contributed by atoms with van der Waals surface area (Å²) >= 11 is 0. The first kappa shape index (κ1) is 14.6. The molecule has 22 heavy (non-hydrogen) atoms. The zero-order valence-corrected chi connectivity index (χ0v) is 13.1. The van der Waals surface area contributed by atoms with Gasteiger partial charge in [0, 0.05) is 0 Å². The molecule has 0 saturated carbocycles. The molecule has 0 N–H and O–H groups in total. The van der Waals surface area contributed by atoms with Crippen LogP contribution < -0.4 is 9.47 Å². The molecule has 0 aliphatic carbocycles. The topological polar surface area (TPSA) is 35.5 Å². The standard InChI is InChI=1S/C19H20O3/c1-12(2)17-11-15-10-14(6-9-18(15)22-19(17)20)13-4-7-16(21-3)8-5-13/h4-10,12,17H,11H2,1-3H3. The summed E-state index contributed by atoms with van der Waals surface area (Å²) in [5.41, 5.74) is 3.36. The fourth-order valence-corrected chi connectivity index (χ4v) is 2.81. The number of carbonyl (C=O) groups excluding carboxylic acids is 1. The third-order valence-electron chi connectivity index (χ3n) is 4.24. The number of ether oxygens (including phenoxy) is 2.